The Kier molecular flexibility index (Phi) is 6.12. The van der Waals surface area contributed by atoms with Gasteiger partial charge in [0.15, 0.2) is 5.11 Å². The van der Waals surface area contributed by atoms with Crippen LogP contribution >= 0.6 is 12.2 Å². The molecule has 1 aliphatic rings. The zero-order chi connectivity index (χ0) is 18.5. The third-order valence-electron chi connectivity index (χ3n) is 5.13. The van der Waals surface area contributed by atoms with Crippen molar-refractivity contribution in [1.29, 1.82) is 0 Å². The molecule has 26 heavy (non-hydrogen) atoms. The van der Waals surface area contributed by atoms with E-state index < -0.39 is 0 Å². The fourth-order valence-electron chi connectivity index (χ4n) is 3.26. The van der Waals surface area contributed by atoms with Crippen molar-refractivity contribution in [2.45, 2.75) is 20.4 Å². The van der Waals surface area contributed by atoms with Crippen molar-refractivity contribution in [2.24, 2.45) is 0 Å². The lowest BCUT2D eigenvalue weighted by atomic mass is 10.1. The van der Waals surface area contributed by atoms with Crippen molar-refractivity contribution in [1.82, 2.24) is 4.90 Å². The summed E-state index contributed by atoms with van der Waals surface area (Å²) in [6.07, 6.45) is 0. The van der Waals surface area contributed by atoms with Crippen LogP contribution in [0.3, 0.4) is 0 Å². The Balaban J connectivity index is 1.49. The molecule has 0 atom stereocenters. The number of methoxy groups -OCH3 is 1. The minimum absolute atomic E-state index is 0.830. The van der Waals surface area contributed by atoms with Crippen molar-refractivity contribution < 1.29 is 9.64 Å². The molecular formula is C21H28N3OS+. The second kappa shape index (κ2) is 8.52. The molecule has 2 aromatic carbocycles. The van der Waals surface area contributed by atoms with E-state index in [9.17, 15) is 0 Å². The highest BCUT2D eigenvalue weighted by molar-refractivity contribution is 7.80. The lowest BCUT2D eigenvalue weighted by Crippen LogP contribution is -3.13. The van der Waals surface area contributed by atoms with E-state index in [1.807, 2.05) is 12.1 Å². The van der Waals surface area contributed by atoms with Gasteiger partial charge in [0.25, 0.3) is 0 Å². The molecule has 2 N–H and O–H groups in total. The summed E-state index contributed by atoms with van der Waals surface area (Å²) in [6, 6.07) is 14.8. The first-order chi connectivity index (χ1) is 12.5. The number of benzene rings is 2. The van der Waals surface area contributed by atoms with Crippen molar-refractivity contribution >= 4 is 23.0 Å². The molecule has 0 bridgehead atoms. The number of aryl methyl sites for hydroxylation is 2. The highest BCUT2D eigenvalue weighted by Gasteiger charge is 2.22. The summed E-state index contributed by atoms with van der Waals surface area (Å²) in [5.74, 6) is 0.913. The van der Waals surface area contributed by atoms with Gasteiger partial charge in [-0.1, -0.05) is 6.07 Å². The predicted octanol–water partition coefficient (Wildman–Crippen LogP) is 2.41. The minimum Gasteiger partial charge on any atom is -0.497 e. The Morgan fingerprint density at radius 2 is 1.77 bits per heavy atom. The van der Waals surface area contributed by atoms with Crippen LogP contribution in [0.4, 0.5) is 5.69 Å². The van der Waals surface area contributed by atoms with Crippen LogP contribution in [0, 0.1) is 13.8 Å². The Hall–Kier alpha value is -2.11. The lowest BCUT2D eigenvalue weighted by Gasteiger charge is -2.34. The van der Waals surface area contributed by atoms with Crippen LogP contribution in [-0.2, 0) is 6.54 Å². The highest BCUT2D eigenvalue weighted by Crippen LogP contribution is 2.15. The number of anilines is 1. The maximum absolute atomic E-state index is 5.62. The molecule has 0 saturated carbocycles. The van der Waals surface area contributed by atoms with Gasteiger partial charge in [0.2, 0.25) is 0 Å². The van der Waals surface area contributed by atoms with Crippen molar-refractivity contribution in [3.63, 3.8) is 0 Å². The van der Waals surface area contributed by atoms with Gasteiger partial charge >= 0.3 is 0 Å². The maximum atomic E-state index is 5.62. The molecule has 0 unspecified atom stereocenters. The number of nitrogens with zero attached hydrogens (tertiary/aromatic N) is 1. The summed E-state index contributed by atoms with van der Waals surface area (Å²) in [7, 11) is 1.70. The molecule has 0 radical (unpaired) electrons. The molecule has 4 nitrogen and oxygen atoms in total. The maximum Gasteiger partial charge on any atom is 0.173 e. The van der Waals surface area contributed by atoms with E-state index in [0.717, 1.165) is 49.3 Å². The molecule has 2 aromatic rings. The number of hydrogen-bond acceptors (Lipinski definition) is 2. The fraction of sp³-hybridized carbons (Fsp3) is 0.381. The normalized spacial score (nSPS) is 15.0. The minimum atomic E-state index is 0.830. The van der Waals surface area contributed by atoms with E-state index in [4.69, 9.17) is 17.0 Å². The van der Waals surface area contributed by atoms with Gasteiger partial charge in [-0.15, -0.1) is 0 Å². The average molecular weight is 371 g/mol. The number of thiocarbonyl (C=S) groups is 1. The second-order valence-corrected chi connectivity index (χ2v) is 7.38. The molecule has 5 heteroatoms. The largest absolute Gasteiger partial charge is 0.497 e. The number of nitrogens with one attached hydrogen (secondary N) is 2. The summed E-state index contributed by atoms with van der Waals surface area (Å²) >= 11 is 5.62. The summed E-state index contributed by atoms with van der Waals surface area (Å²) in [5.41, 5.74) is 5.01. The van der Waals surface area contributed by atoms with Crippen molar-refractivity contribution in [3.8, 4) is 5.75 Å². The van der Waals surface area contributed by atoms with Gasteiger partial charge in [-0.25, -0.2) is 0 Å². The molecule has 3 rings (SSSR count). The van der Waals surface area contributed by atoms with E-state index in [-0.39, 0.29) is 0 Å². The summed E-state index contributed by atoms with van der Waals surface area (Å²) in [6.45, 7) is 9.48. The van der Waals surface area contributed by atoms with Gasteiger partial charge in [-0.3, -0.25) is 0 Å². The number of piperazine rings is 1. The Morgan fingerprint density at radius 1 is 1.08 bits per heavy atom. The molecular weight excluding hydrogens is 342 g/mol. The van der Waals surface area contributed by atoms with E-state index >= 15 is 0 Å². The molecule has 0 spiro atoms. The zero-order valence-electron chi connectivity index (χ0n) is 15.8. The predicted molar refractivity (Wildman–Crippen MR) is 111 cm³/mol. The van der Waals surface area contributed by atoms with Crippen molar-refractivity contribution in [2.75, 3.05) is 38.6 Å². The van der Waals surface area contributed by atoms with Gasteiger partial charge in [0.05, 0.1) is 33.3 Å². The monoisotopic (exact) mass is 370 g/mol. The standard InChI is InChI=1S/C21H27N3OS/c1-16-4-7-19(14-17(16)2)22-21(26)24-12-10-23(11-13-24)15-18-5-8-20(25-3)9-6-18/h4-9,14H,10-13,15H2,1-3H3,(H,22,26)/p+1. The SMILES string of the molecule is COc1ccc(C[NH+]2CCN(C(=S)Nc3ccc(C)c(C)c3)CC2)cc1. The molecule has 0 aliphatic carbocycles. The van der Waals surface area contributed by atoms with E-state index in [1.165, 1.54) is 16.7 Å². The quantitative estimate of drug-likeness (QED) is 0.809. The van der Waals surface area contributed by atoms with Crippen LogP contribution < -0.4 is 15.0 Å². The van der Waals surface area contributed by atoms with E-state index in [1.54, 1.807) is 12.0 Å². The Labute approximate surface area is 161 Å². The molecule has 0 amide bonds. The summed E-state index contributed by atoms with van der Waals surface area (Å²) in [4.78, 5) is 3.88. The third-order valence-corrected chi connectivity index (χ3v) is 5.49. The molecule has 0 aromatic heterocycles. The zero-order valence-corrected chi connectivity index (χ0v) is 16.7. The topological polar surface area (TPSA) is 28.9 Å². The smallest absolute Gasteiger partial charge is 0.173 e. The highest BCUT2D eigenvalue weighted by atomic mass is 32.1. The van der Waals surface area contributed by atoms with Gasteiger partial charge in [-0.2, -0.15) is 0 Å². The van der Waals surface area contributed by atoms with Gasteiger partial charge < -0.3 is 19.9 Å². The third kappa shape index (κ3) is 4.74. The van der Waals surface area contributed by atoms with Crippen LogP contribution in [0.2, 0.25) is 0 Å². The Morgan fingerprint density at radius 3 is 2.38 bits per heavy atom. The number of quaternary nitrogens is 1. The van der Waals surface area contributed by atoms with Gasteiger partial charge in [0, 0.05) is 11.3 Å². The number of hydrogen-bond donors (Lipinski definition) is 2. The molecule has 1 heterocycles. The number of ether oxygens (including phenoxy) is 1. The summed E-state index contributed by atoms with van der Waals surface area (Å²) < 4.78 is 5.23. The fourth-order valence-corrected chi connectivity index (χ4v) is 3.56. The number of rotatable bonds is 4. The lowest BCUT2D eigenvalue weighted by molar-refractivity contribution is -0.917. The van der Waals surface area contributed by atoms with Gasteiger partial charge in [0.1, 0.15) is 12.3 Å². The molecule has 138 valence electrons. The van der Waals surface area contributed by atoms with Crippen LogP contribution in [0.25, 0.3) is 0 Å². The van der Waals surface area contributed by atoms with Crippen LogP contribution in [0.1, 0.15) is 16.7 Å². The summed E-state index contributed by atoms with van der Waals surface area (Å²) in [5, 5.41) is 4.22. The Bertz CT molecular complexity index is 752. The van der Waals surface area contributed by atoms with E-state index in [0.29, 0.717) is 0 Å². The molecule has 1 fully saturated rings. The van der Waals surface area contributed by atoms with Crippen LogP contribution in [0.5, 0.6) is 5.75 Å². The van der Waals surface area contributed by atoms with Gasteiger partial charge in [-0.05, 0) is 73.6 Å². The van der Waals surface area contributed by atoms with Crippen LogP contribution in [-0.4, -0.2) is 43.3 Å². The second-order valence-electron chi connectivity index (χ2n) is 6.99. The van der Waals surface area contributed by atoms with Crippen molar-refractivity contribution in [3.05, 3.63) is 59.2 Å². The first kappa shape index (κ1) is 18.7. The first-order valence-electron chi connectivity index (χ1n) is 9.15. The average Bonchev–Trinajstić information content (AvgIpc) is 2.66. The molecule has 1 aliphatic heterocycles. The molecule has 1 saturated heterocycles. The van der Waals surface area contributed by atoms with E-state index in [2.05, 4.69) is 54.4 Å². The first-order valence-corrected chi connectivity index (χ1v) is 9.55. The van der Waals surface area contributed by atoms with Crippen LogP contribution in [0.15, 0.2) is 42.5 Å².